The summed E-state index contributed by atoms with van der Waals surface area (Å²) in [7, 11) is 1.50. The van der Waals surface area contributed by atoms with Crippen LogP contribution in [-0.2, 0) is 16.1 Å². The smallest absolute Gasteiger partial charge is 0.363 e. The standard InChI is InChI=1S/C24H16ClFINO4/c1-30-21-12-15(10-18(25)22(21)31-13-14-5-4-6-16(27)9-14)11-20-24(29)32-23(28-20)17-7-2-3-8-19(17)26/h2-12H,13H2,1H3/b20-11-. The Kier molecular flexibility index (Phi) is 6.76. The average molecular weight is 564 g/mol. The van der Waals surface area contributed by atoms with Crippen molar-refractivity contribution in [2.75, 3.05) is 7.11 Å². The van der Waals surface area contributed by atoms with Crippen LogP contribution in [0.3, 0.4) is 0 Å². The van der Waals surface area contributed by atoms with Gasteiger partial charge in [0.05, 0.1) is 17.7 Å². The predicted molar refractivity (Wildman–Crippen MR) is 129 cm³/mol. The fraction of sp³-hybridized carbons (Fsp3) is 0.0833. The number of cyclic esters (lactones) is 1. The van der Waals surface area contributed by atoms with Crippen LogP contribution < -0.4 is 9.47 Å². The lowest BCUT2D eigenvalue weighted by molar-refractivity contribution is -0.129. The summed E-state index contributed by atoms with van der Waals surface area (Å²) in [5.41, 5.74) is 1.68. The number of hydrogen-bond acceptors (Lipinski definition) is 5. The molecule has 0 amide bonds. The van der Waals surface area contributed by atoms with Crippen LogP contribution in [0.25, 0.3) is 6.08 Å². The molecule has 0 spiro atoms. The number of carbonyl (C=O) groups excluding carboxylic acids is 1. The second kappa shape index (κ2) is 9.70. The van der Waals surface area contributed by atoms with Crippen LogP contribution in [0.5, 0.6) is 11.5 Å². The van der Waals surface area contributed by atoms with E-state index in [0.717, 1.165) is 9.13 Å². The number of benzene rings is 3. The number of carbonyl (C=O) groups is 1. The second-order valence-corrected chi connectivity index (χ2v) is 8.42. The molecule has 0 unspecified atom stereocenters. The molecular formula is C24H16ClFINO4. The molecule has 0 atom stereocenters. The fourth-order valence-corrected chi connectivity index (χ4v) is 3.94. The largest absolute Gasteiger partial charge is 0.493 e. The van der Waals surface area contributed by atoms with Crippen LogP contribution in [-0.4, -0.2) is 19.0 Å². The van der Waals surface area contributed by atoms with Crippen molar-refractivity contribution >= 4 is 52.1 Å². The highest BCUT2D eigenvalue weighted by atomic mass is 127. The number of methoxy groups -OCH3 is 1. The van der Waals surface area contributed by atoms with E-state index in [2.05, 4.69) is 27.6 Å². The van der Waals surface area contributed by atoms with Crippen molar-refractivity contribution in [1.29, 1.82) is 0 Å². The normalized spacial score (nSPS) is 14.3. The molecule has 4 rings (SSSR count). The number of halogens is 3. The van der Waals surface area contributed by atoms with Crippen molar-refractivity contribution < 1.29 is 23.4 Å². The molecule has 0 radical (unpaired) electrons. The van der Waals surface area contributed by atoms with Crippen molar-refractivity contribution in [2.45, 2.75) is 6.61 Å². The molecule has 32 heavy (non-hydrogen) atoms. The Balaban J connectivity index is 1.60. The maximum atomic E-state index is 14.0. The summed E-state index contributed by atoms with van der Waals surface area (Å²) in [6.07, 6.45) is 1.49. The summed E-state index contributed by atoms with van der Waals surface area (Å²) in [6, 6.07) is 17.2. The van der Waals surface area contributed by atoms with E-state index in [1.165, 1.54) is 25.3 Å². The Bertz CT molecular complexity index is 1260. The SMILES string of the molecule is COc1cc(/C=C2\N=C(c3ccccc3F)OC2=O)cc(Cl)c1OCc1cccc(I)c1. The molecule has 0 saturated heterocycles. The Morgan fingerprint density at radius 1 is 1.16 bits per heavy atom. The van der Waals surface area contributed by atoms with Crippen LogP contribution >= 0.6 is 34.2 Å². The zero-order chi connectivity index (χ0) is 22.7. The van der Waals surface area contributed by atoms with Crippen LogP contribution in [0.2, 0.25) is 5.02 Å². The third kappa shape index (κ3) is 4.94. The highest BCUT2D eigenvalue weighted by Crippen LogP contribution is 2.38. The number of rotatable bonds is 6. The van der Waals surface area contributed by atoms with Crippen molar-refractivity contribution in [3.63, 3.8) is 0 Å². The minimum Gasteiger partial charge on any atom is -0.493 e. The van der Waals surface area contributed by atoms with Gasteiger partial charge in [0.15, 0.2) is 17.2 Å². The lowest BCUT2D eigenvalue weighted by Crippen LogP contribution is -2.07. The Labute approximate surface area is 202 Å². The Morgan fingerprint density at radius 3 is 2.72 bits per heavy atom. The minimum atomic E-state index is -0.683. The lowest BCUT2D eigenvalue weighted by Gasteiger charge is -2.13. The predicted octanol–water partition coefficient (Wildman–Crippen LogP) is 6.02. The zero-order valence-corrected chi connectivity index (χ0v) is 19.7. The minimum absolute atomic E-state index is 0.0221. The highest BCUT2D eigenvalue weighted by molar-refractivity contribution is 14.1. The molecule has 1 aliphatic heterocycles. The van der Waals surface area contributed by atoms with Gasteiger partial charge in [-0.25, -0.2) is 14.2 Å². The highest BCUT2D eigenvalue weighted by Gasteiger charge is 2.26. The molecule has 162 valence electrons. The van der Waals surface area contributed by atoms with Gasteiger partial charge in [-0.3, -0.25) is 0 Å². The molecule has 0 fully saturated rings. The van der Waals surface area contributed by atoms with Gasteiger partial charge in [-0.05, 0) is 76.2 Å². The van der Waals surface area contributed by atoms with E-state index in [9.17, 15) is 9.18 Å². The monoisotopic (exact) mass is 563 g/mol. The zero-order valence-electron chi connectivity index (χ0n) is 16.8. The molecule has 1 heterocycles. The number of nitrogens with zero attached hydrogens (tertiary/aromatic N) is 1. The quantitative estimate of drug-likeness (QED) is 0.209. The van der Waals surface area contributed by atoms with E-state index in [4.69, 9.17) is 25.8 Å². The maximum Gasteiger partial charge on any atom is 0.363 e. The van der Waals surface area contributed by atoms with Gasteiger partial charge in [-0.1, -0.05) is 35.9 Å². The van der Waals surface area contributed by atoms with Gasteiger partial charge in [0.1, 0.15) is 12.4 Å². The number of ether oxygens (including phenoxy) is 3. The molecular weight excluding hydrogens is 548 g/mol. The topological polar surface area (TPSA) is 57.1 Å². The van der Waals surface area contributed by atoms with Crippen LogP contribution in [0, 0.1) is 9.39 Å². The van der Waals surface area contributed by atoms with Crippen molar-refractivity contribution in [1.82, 2.24) is 0 Å². The molecule has 3 aromatic carbocycles. The number of hydrogen-bond donors (Lipinski definition) is 0. The van der Waals surface area contributed by atoms with Gasteiger partial charge < -0.3 is 14.2 Å². The van der Waals surface area contributed by atoms with E-state index in [-0.39, 0.29) is 17.2 Å². The third-order valence-corrected chi connectivity index (χ3v) is 5.50. The van der Waals surface area contributed by atoms with Gasteiger partial charge in [-0.15, -0.1) is 0 Å². The molecule has 0 aromatic heterocycles. The molecule has 0 saturated carbocycles. The van der Waals surface area contributed by atoms with Gasteiger partial charge in [-0.2, -0.15) is 0 Å². The fourth-order valence-electron chi connectivity index (χ4n) is 3.06. The van der Waals surface area contributed by atoms with E-state index in [0.29, 0.717) is 28.7 Å². The number of aliphatic imine (C=N–C) groups is 1. The molecule has 0 N–H and O–H groups in total. The Morgan fingerprint density at radius 2 is 1.97 bits per heavy atom. The third-order valence-electron chi connectivity index (χ3n) is 4.55. The molecule has 3 aromatic rings. The van der Waals surface area contributed by atoms with Gasteiger partial charge in [0.25, 0.3) is 0 Å². The van der Waals surface area contributed by atoms with Crippen LogP contribution in [0.1, 0.15) is 16.7 Å². The Hall–Kier alpha value is -2.91. The van der Waals surface area contributed by atoms with Crippen molar-refractivity contribution in [3.8, 4) is 11.5 Å². The summed E-state index contributed by atoms with van der Waals surface area (Å²) in [5.74, 6) is -0.508. The summed E-state index contributed by atoms with van der Waals surface area (Å²) in [6.45, 7) is 0.315. The van der Waals surface area contributed by atoms with Crippen LogP contribution in [0.15, 0.2) is 71.4 Å². The first-order valence-corrected chi connectivity index (χ1v) is 10.9. The lowest BCUT2D eigenvalue weighted by atomic mass is 10.1. The van der Waals surface area contributed by atoms with E-state index in [1.54, 1.807) is 24.3 Å². The number of esters is 1. The van der Waals surface area contributed by atoms with Gasteiger partial charge >= 0.3 is 5.97 Å². The van der Waals surface area contributed by atoms with E-state index >= 15 is 0 Å². The van der Waals surface area contributed by atoms with E-state index < -0.39 is 11.8 Å². The van der Waals surface area contributed by atoms with Gasteiger partial charge in [0, 0.05) is 3.57 Å². The van der Waals surface area contributed by atoms with Crippen molar-refractivity contribution in [2.24, 2.45) is 4.99 Å². The summed E-state index contributed by atoms with van der Waals surface area (Å²) in [5, 5.41) is 0.312. The molecule has 8 heteroatoms. The molecule has 1 aliphatic rings. The molecule has 0 bridgehead atoms. The van der Waals surface area contributed by atoms with Crippen LogP contribution in [0.4, 0.5) is 4.39 Å². The first kappa shape index (κ1) is 22.3. The summed E-state index contributed by atoms with van der Waals surface area (Å²) in [4.78, 5) is 16.4. The molecule has 5 nitrogen and oxygen atoms in total. The average Bonchev–Trinajstić information content (AvgIpc) is 3.13. The second-order valence-electron chi connectivity index (χ2n) is 6.77. The summed E-state index contributed by atoms with van der Waals surface area (Å²) < 4.78 is 31.6. The van der Waals surface area contributed by atoms with E-state index in [1.807, 2.05) is 24.3 Å². The maximum absolute atomic E-state index is 14.0. The van der Waals surface area contributed by atoms with Crippen molar-refractivity contribution in [3.05, 3.63) is 97.5 Å². The molecule has 0 aliphatic carbocycles. The first-order chi connectivity index (χ1) is 15.4. The van der Waals surface area contributed by atoms with Gasteiger partial charge in [0.2, 0.25) is 5.90 Å². The first-order valence-electron chi connectivity index (χ1n) is 9.47. The summed E-state index contributed by atoms with van der Waals surface area (Å²) >= 11 is 8.68.